The molecule has 0 aromatic carbocycles. The predicted octanol–water partition coefficient (Wildman–Crippen LogP) is -4.07. The first-order valence-electron chi connectivity index (χ1n) is 35.9. The Balaban J connectivity index is 0.657. The van der Waals surface area contributed by atoms with Crippen molar-refractivity contribution in [2.45, 2.75) is 148 Å². The van der Waals surface area contributed by atoms with Crippen molar-refractivity contribution in [3.8, 4) is 0 Å². The number of aliphatic hydroxyl groups excluding tert-OH is 2. The summed E-state index contributed by atoms with van der Waals surface area (Å²) >= 11 is 0. The van der Waals surface area contributed by atoms with Crippen molar-refractivity contribution >= 4 is 108 Å². The van der Waals surface area contributed by atoms with Crippen LogP contribution >= 0.6 is 39.1 Å². The minimum Gasteiger partial charge on any atom is -0.394 e. The quantitative estimate of drug-likeness (QED) is 0.0141. The van der Waals surface area contributed by atoms with E-state index < -0.39 is 312 Å². The van der Waals surface area contributed by atoms with Crippen LogP contribution in [0.5, 0.6) is 0 Å². The summed E-state index contributed by atoms with van der Waals surface area (Å²) in [6, 6.07) is 2.92. The van der Waals surface area contributed by atoms with Gasteiger partial charge in [0, 0.05) is 18.6 Å². The Labute approximate surface area is 690 Å². The highest BCUT2D eigenvalue weighted by atomic mass is 31.2. The van der Waals surface area contributed by atoms with E-state index in [0.717, 1.165) is 60.3 Å². The molecule has 22 N–H and O–H groups in total. The molecule has 126 heavy (non-hydrogen) atoms. The smallest absolute Gasteiger partial charge is 0.394 e. The lowest BCUT2D eigenvalue weighted by atomic mass is 10.1. The second kappa shape index (κ2) is 35.1. The first kappa shape index (κ1) is 91.1. The number of hydrogen-bond donors (Lipinski definition) is 16. The number of H-pyrrole nitrogens is 3. The van der Waals surface area contributed by atoms with Crippen LogP contribution in [-0.4, -0.2) is 272 Å². The number of phosphoric ester groups is 5. The summed E-state index contributed by atoms with van der Waals surface area (Å²) in [5.74, 6) is -2.84. The number of fused-ring (bicyclic) bond motifs is 3. The fourth-order valence-electron chi connectivity index (χ4n) is 14.0. The molecule has 5 unspecified atom stereocenters. The number of nitrogens with one attached hydrogen (secondary N) is 3. The minimum atomic E-state index is -6.22. The predicted molar refractivity (Wildman–Crippen MR) is 396 cm³/mol. The topological polar surface area (TPSA) is 826 Å². The molecule has 0 saturated carbocycles. The number of imidazole rings is 3. The third kappa shape index (κ3) is 18.5. The van der Waals surface area contributed by atoms with Gasteiger partial charge in [0.2, 0.25) is 17.8 Å². The Bertz CT molecular complexity index is 6280. The number of anilines is 6. The monoisotopic (exact) mass is 1900 g/mol. The summed E-state index contributed by atoms with van der Waals surface area (Å²) in [5, 5.41) is 20.9. The zero-order valence-corrected chi connectivity index (χ0v) is 67.1. The third-order valence-electron chi connectivity index (χ3n) is 19.6. The number of halogens is 6. The zero-order chi connectivity index (χ0) is 90.6. The molecular formula is C57H67F6N24O34P5. The van der Waals surface area contributed by atoms with Crippen LogP contribution in [0.15, 0.2) is 84.5 Å². The highest BCUT2D eigenvalue weighted by Gasteiger charge is 2.59. The van der Waals surface area contributed by atoms with Crippen molar-refractivity contribution in [3.05, 3.63) is 118 Å². The lowest BCUT2D eigenvalue weighted by Crippen LogP contribution is -2.37. The van der Waals surface area contributed by atoms with Gasteiger partial charge in [-0.2, -0.15) is 29.9 Å². The summed E-state index contributed by atoms with van der Waals surface area (Å²) < 4.78 is 260. The Morgan fingerprint density at radius 2 is 0.587 bits per heavy atom. The highest BCUT2D eigenvalue weighted by molar-refractivity contribution is 7.48. The number of alkyl halides is 6. The van der Waals surface area contributed by atoms with Crippen molar-refractivity contribution in [2.24, 2.45) is 0 Å². The molecule has 0 spiro atoms. The molecular weight excluding hydrogens is 1830 g/mol. The number of aromatic amines is 3. The van der Waals surface area contributed by atoms with Gasteiger partial charge in [0.05, 0.1) is 58.6 Å². The summed E-state index contributed by atoms with van der Waals surface area (Å²) in [6.45, 7) is -8.74. The standard InChI is InChI=1S/C57H67F6N24O34P5/c58-25-34(89)17(112-46(25)85-13-70-31-40(85)76-52(67)79-43(31)90)8-106-122(96,97)118-36-18(113-48(27(36)60)83-5-2-23(65)74-56(83)94)9-108-125(102,103)121-39-21(116-51(30(39)63)87-15-72-33-42(87)78-54(69)81-45(33)92)12-110-124(100,101)119-37-19(114-49(28(37)61)84-6-3-24(66)75-57(84)95)10-109-126(104,105)120-38-20(115-50(29(38)62)86-14-71-32-41(86)77-53(68)80-44(32)91)11-107-123(98,99)117-35-16(7-88)111-47(26(35)59)82-4-1-22(64)73-55(82)93/h1-6,13-21,25-30,34-39,46-51,88-89H,7-12H2,(H,96,97)(H,98,99)(H,100,101)(H,102,103)(H,104,105)(H2,64,73,93)(H2,65,74,94)(H2,66,75,95)(H3,67,76,79,90)(H3,68,77,80,91)(H3,69,78,81,92)/t16-,17-,18-,19-,20-,21-,25-,26+,27+,28+,29-,30-,34-,35-,36-,37-,38-,39-,46-,47-,48-,49-,50-,51-/m1/s1. The van der Waals surface area contributed by atoms with Gasteiger partial charge >= 0.3 is 56.2 Å². The number of nitrogens with zero attached hydrogens (tertiary/aromatic N) is 15. The van der Waals surface area contributed by atoms with Gasteiger partial charge in [0.15, 0.2) is 108 Å². The summed E-state index contributed by atoms with van der Waals surface area (Å²) in [6.07, 6.45) is -53.2. The molecule has 15 heterocycles. The molecule has 9 aromatic heterocycles. The maximum absolute atomic E-state index is 17.5. The summed E-state index contributed by atoms with van der Waals surface area (Å²) in [7, 11) is -30.2. The summed E-state index contributed by atoms with van der Waals surface area (Å²) in [5.41, 5.74) is 24.2. The molecule has 686 valence electrons. The number of phosphoric acid groups is 5. The van der Waals surface area contributed by atoms with Crippen LogP contribution in [-0.2, 0) is 96.5 Å². The van der Waals surface area contributed by atoms with Crippen LogP contribution < -0.4 is 68.1 Å². The normalized spacial score (nSPS) is 32.4. The largest absolute Gasteiger partial charge is 0.472 e. The molecule has 6 aliphatic heterocycles. The average molecular weight is 1900 g/mol. The van der Waals surface area contributed by atoms with Gasteiger partial charge in [0.25, 0.3) is 16.7 Å². The van der Waals surface area contributed by atoms with Gasteiger partial charge in [-0.25, -0.2) is 78.5 Å². The van der Waals surface area contributed by atoms with Crippen LogP contribution in [0.3, 0.4) is 0 Å². The van der Waals surface area contributed by atoms with Crippen LogP contribution in [0, 0.1) is 0 Å². The van der Waals surface area contributed by atoms with E-state index in [1.165, 1.54) is 0 Å². The Morgan fingerprint density at radius 1 is 0.357 bits per heavy atom. The minimum absolute atomic E-state index is 0.306. The lowest BCUT2D eigenvalue weighted by Gasteiger charge is -2.26. The molecule has 9 aromatic rings. The zero-order valence-electron chi connectivity index (χ0n) is 62.6. The number of hydrogen-bond acceptors (Lipinski definition) is 44. The number of aromatic nitrogens is 18. The van der Waals surface area contributed by atoms with Crippen molar-refractivity contribution in [2.75, 3.05) is 74.0 Å². The molecule has 0 aliphatic carbocycles. The Hall–Kier alpha value is -9.70. The van der Waals surface area contributed by atoms with Gasteiger partial charge in [-0.1, -0.05) is 0 Å². The second-order valence-corrected chi connectivity index (χ2v) is 34.9. The molecule has 29 atom stereocenters. The molecule has 58 nitrogen and oxygen atoms in total. The molecule has 0 amide bonds. The van der Waals surface area contributed by atoms with Gasteiger partial charge < -0.3 is 97.5 Å². The van der Waals surface area contributed by atoms with Crippen LogP contribution in [0.2, 0.25) is 0 Å². The second-order valence-electron chi connectivity index (χ2n) is 27.9. The first-order valence-corrected chi connectivity index (χ1v) is 43.4. The van der Waals surface area contributed by atoms with Crippen LogP contribution in [0.25, 0.3) is 33.5 Å². The van der Waals surface area contributed by atoms with Gasteiger partial charge in [-0.15, -0.1) is 0 Å². The fraction of sp³-hybridized carbons (Fsp3) is 0.526. The SMILES string of the molecule is Nc1ccn([C@@H]2O[C@H](CO)[C@@H](OP(=O)(O)OC[C@H]3O[C@@H](n4cnc5c(=O)[nH]c(N)nc54)[C@H](F)[C@@H]3OP(=O)(O)OC[C@H]3O[C@@H](n4ccc(N)nc4=O)[C@@H](F)[C@@H]3OP(=O)(O)OC[C@H]3O[C@@H](n4cnc5c(=O)[nH]c(N)nc54)[C@H](F)[C@@H]3OP(=O)(O)OC[C@H]3O[C@@H](n4ccc(N)nc4=O)[C@@H](F)[C@@H]3OP(=O)(O)OC[C@H]3O[C@@H](n4cnc5c(=O)[nH]c(N)nc54)[C@H](F)[C@@H]3O)[C@@H]2F)c(=O)n1. The van der Waals surface area contributed by atoms with E-state index >= 15 is 26.3 Å². The number of aliphatic hydroxyl groups is 2. The Morgan fingerprint density at radius 3 is 0.849 bits per heavy atom. The van der Waals surface area contributed by atoms with Crippen molar-refractivity contribution in [3.63, 3.8) is 0 Å². The number of nitrogens with two attached hydrogens (primary N) is 6. The van der Waals surface area contributed by atoms with Crippen molar-refractivity contribution in [1.29, 1.82) is 0 Å². The fourth-order valence-corrected chi connectivity index (χ4v) is 18.8. The number of ether oxygens (including phenoxy) is 6. The van der Waals surface area contributed by atoms with Gasteiger partial charge in [-0.3, -0.25) is 102 Å². The van der Waals surface area contributed by atoms with Crippen LogP contribution in [0.1, 0.15) is 37.4 Å². The van der Waals surface area contributed by atoms with E-state index in [9.17, 15) is 86.3 Å². The van der Waals surface area contributed by atoms with Gasteiger partial charge in [-0.05, 0) is 18.2 Å². The van der Waals surface area contributed by atoms with Crippen molar-refractivity contribution < 1.29 is 158 Å². The molecule has 6 aliphatic rings. The third-order valence-corrected chi connectivity index (χ3v) is 24.6. The number of rotatable bonds is 32. The van der Waals surface area contributed by atoms with E-state index in [1.54, 1.807) is 0 Å². The number of nitrogen functional groups attached to an aromatic ring is 6. The van der Waals surface area contributed by atoms with Crippen molar-refractivity contribution in [1.82, 2.24) is 87.2 Å². The molecule has 6 saturated heterocycles. The highest BCUT2D eigenvalue weighted by Crippen LogP contribution is 2.58. The molecule has 0 radical (unpaired) electrons. The van der Waals surface area contributed by atoms with E-state index in [1.807, 2.05) is 0 Å². The van der Waals surface area contributed by atoms with E-state index in [0.29, 0.717) is 22.8 Å². The van der Waals surface area contributed by atoms with E-state index in [2.05, 4.69) is 59.8 Å². The van der Waals surface area contributed by atoms with E-state index in [-0.39, 0.29) is 17.0 Å². The van der Waals surface area contributed by atoms with Gasteiger partial charge in [0.1, 0.15) is 90.7 Å². The maximum Gasteiger partial charge on any atom is 0.472 e. The molecule has 69 heteroatoms. The average Bonchev–Trinajstić information content (AvgIpc) is 1.62. The molecule has 6 fully saturated rings. The van der Waals surface area contributed by atoms with Crippen LogP contribution in [0.4, 0.5) is 61.6 Å². The maximum atomic E-state index is 17.5. The molecule has 15 rings (SSSR count). The summed E-state index contributed by atoms with van der Waals surface area (Å²) in [4.78, 5) is 174. The Kier molecular flexibility index (Phi) is 25.3. The first-order chi connectivity index (χ1) is 59.3. The molecule has 0 bridgehead atoms. The lowest BCUT2D eigenvalue weighted by molar-refractivity contribution is -0.0652. The van der Waals surface area contributed by atoms with E-state index in [4.69, 9.17) is 108 Å².